The van der Waals surface area contributed by atoms with E-state index in [4.69, 9.17) is 17.0 Å². The van der Waals surface area contributed by atoms with Crippen LogP contribution in [0.3, 0.4) is 0 Å². The van der Waals surface area contributed by atoms with Crippen molar-refractivity contribution >= 4 is 46.3 Å². The van der Waals surface area contributed by atoms with E-state index in [1.807, 2.05) is 62.4 Å². The highest BCUT2D eigenvalue weighted by molar-refractivity contribution is 8.26. The Morgan fingerprint density at radius 3 is 2.61 bits per heavy atom. The van der Waals surface area contributed by atoms with Gasteiger partial charge in [0.1, 0.15) is 22.7 Å². The maximum absolute atomic E-state index is 13.0. The lowest BCUT2D eigenvalue weighted by atomic mass is 10.1. The smallest absolute Gasteiger partial charge is 0.326 e. The van der Waals surface area contributed by atoms with E-state index in [1.54, 1.807) is 6.08 Å². The summed E-state index contributed by atoms with van der Waals surface area (Å²) in [6, 6.07) is 14.6. The molecule has 1 atom stereocenters. The van der Waals surface area contributed by atoms with Gasteiger partial charge in [-0.05, 0) is 31.1 Å². The zero-order valence-corrected chi connectivity index (χ0v) is 19.2. The number of thiocarbonyl (C=S) groups is 1. The van der Waals surface area contributed by atoms with Crippen LogP contribution in [0.25, 0.3) is 6.08 Å². The molecule has 1 saturated heterocycles. The standard InChI is InChI=1S/C24H25NO4S2/c1-3-4-8-19(23(27)28)25-22(26)21(31-24(25)30)14-18-7-5-6-9-20(18)29-15-17-12-10-16(2)11-13-17/h5-7,9-14,19H,3-4,8,15H2,1-2H3,(H,27,28)/b21-14-/t19-/m1/s1. The summed E-state index contributed by atoms with van der Waals surface area (Å²) in [5, 5.41) is 9.61. The topological polar surface area (TPSA) is 66.8 Å². The van der Waals surface area contributed by atoms with Gasteiger partial charge in [0.25, 0.3) is 5.91 Å². The quantitative estimate of drug-likeness (QED) is 0.402. The summed E-state index contributed by atoms with van der Waals surface area (Å²) in [5.74, 6) is -0.756. The first kappa shape index (κ1) is 23.0. The molecule has 0 radical (unpaired) electrons. The number of carboxylic acids is 1. The van der Waals surface area contributed by atoms with Gasteiger partial charge in [0, 0.05) is 5.56 Å². The molecular formula is C24H25NO4S2. The van der Waals surface area contributed by atoms with Crippen LogP contribution in [0.1, 0.15) is 42.9 Å². The summed E-state index contributed by atoms with van der Waals surface area (Å²) >= 11 is 6.48. The maximum Gasteiger partial charge on any atom is 0.326 e. The fourth-order valence-corrected chi connectivity index (χ4v) is 4.57. The number of rotatable bonds is 9. The Kier molecular flexibility index (Phi) is 7.87. The summed E-state index contributed by atoms with van der Waals surface area (Å²) in [6.07, 6.45) is 3.66. The number of hydrogen-bond donors (Lipinski definition) is 1. The van der Waals surface area contributed by atoms with E-state index >= 15 is 0 Å². The number of amides is 1. The van der Waals surface area contributed by atoms with Gasteiger partial charge in [-0.2, -0.15) is 0 Å². The van der Waals surface area contributed by atoms with E-state index < -0.39 is 12.0 Å². The fraction of sp³-hybridized carbons (Fsp3) is 0.292. The number of thioether (sulfide) groups is 1. The molecule has 31 heavy (non-hydrogen) atoms. The molecule has 162 valence electrons. The predicted molar refractivity (Wildman–Crippen MR) is 128 cm³/mol. The van der Waals surface area contributed by atoms with Crippen molar-refractivity contribution in [2.75, 3.05) is 0 Å². The number of aliphatic carboxylic acids is 1. The number of carbonyl (C=O) groups is 2. The van der Waals surface area contributed by atoms with Crippen LogP contribution in [-0.2, 0) is 16.2 Å². The van der Waals surface area contributed by atoms with Gasteiger partial charge in [0.15, 0.2) is 0 Å². The number of carboxylic acid groups (broad SMARTS) is 1. The second-order valence-corrected chi connectivity index (χ2v) is 9.04. The number of benzene rings is 2. The average molecular weight is 456 g/mol. The number of ether oxygens (including phenoxy) is 1. The first-order valence-electron chi connectivity index (χ1n) is 10.2. The van der Waals surface area contributed by atoms with Crippen LogP contribution in [0.4, 0.5) is 0 Å². The Bertz CT molecular complexity index is 1000. The highest BCUT2D eigenvalue weighted by Gasteiger charge is 2.40. The van der Waals surface area contributed by atoms with Crippen molar-refractivity contribution in [1.82, 2.24) is 4.90 Å². The highest BCUT2D eigenvalue weighted by Crippen LogP contribution is 2.36. The maximum atomic E-state index is 13.0. The molecule has 7 heteroatoms. The molecule has 1 heterocycles. The van der Waals surface area contributed by atoms with Gasteiger partial charge in [0.2, 0.25) is 0 Å². The molecule has 0 aliphatic carbocycles. The largest absolute Gasteiger partial charge is 0.488 e. The summed E-state index contributed by atoms with van der Waals surface area (Å²) in [4.78, 5) is 26.4. The minimum Gasteiger partial charge on any atom is -0.488 e. The molecule has 1 amide bonds. The van der Waals surface area contributed by atoms with E-state index in [0.717, 1.165) is 29.3 Å². The lowest BCUT2D eigenvalue weighted by Crippen LogP contribution is -2.43. The van der Waals surface area contributed by atoms with Crippen molar-refractivity contribution in [1.29, 1.82) is 0 Å². The molecule has 1 aliphatic rings. The third-order valence-electron chi connectivity index (χ3n) is 4.97. The van der Waals surface area contributed by atoms with Gasteiger partial charge in [-0.1, -0.05) is 91.8 Å². The van der Waals surface area contributed by atoms with Crippen molar-refractivity contribution in [3.63, 3.8) is 0 Å². The molecule has 0 bridgehead atoms. The monoisotopic (exact) mass is 455 g/mol. The lowest BCUT2D eigenvalue weighted by molar-refractivity contribution is -0.145. The molecule has 5 nitrogen and oxygen atoms in total. The zero-order valence-electron chi connectivity index (χ0n) is 17.5. The van der Waals surface area contributed by atoms with Gasteiger partial charge in [-0.25, -0.2) is 4.79 Å². The van der Waals surface area contributed by atoms with Crippen molar-refractivity contribution in [2.24, 2.45) is 0 Å². The molecule has 1 fully saturated rings. The molecule has 2 aromatic carbocycles. The Labute approximate surface area is 192 Å². The van der Waals surface area contributed by atoms with Gasteiger partial charge in [0.05, 0.1) is 4.91 Å². The minimum atomic E-state index is -1.03. The number of nitrogens with zero attached hydrogens (tertiary/aromatic N) is 1. The molecule has 0 saturated carbocycles. The number of para-hydroxylation sites is 1. The third kappa shape index (κ3) is 5.74. The van der Waals surface area contributed by atoms with Crippen LogP contribution in [0.5, 0.6) is 5.75 Å². The molecule has 2 aromatic rings. The van der Waals surface area contributed by atoms with Gasteiger partial charge in [-0.3, -0.25) is 9.69 Å². The van der Waals surface area contributed by atoms with Crippen LogP contribution in [0.2, 0.25) is 0 Å². The molecule has 0 unspecified atom stereocenters. The Balaban J connectivity index is 1.80. The van der Waals surface area contributed by atoms with Crippen molar-refractivity contribution in [2.45, 2.75) is 45.8 Å². The van der Waals surface area contributed by atoms with Crippen LogP contribution in [-0.4, -0.2) is 32.2 Å². The number of unbranched alkanes of at least 4 members (excludes halogenated alkanes) is 1. The normalized spacial score (nSPS) is 16.1. The molecular weight excluding hydrogens is 430 g/mol. The molecule has 0 spiro atoms. The number of carbonyl (C=O) groups excluding carboxylic acids is 1. The van der Waals surface area contributed by atoms with E-state index in [0.29, 0.717) is 30.1 Å². The Hall–Kier alpha value is -2.64. The van der Waals surface area contributed by atoms with Gasteiger partial charge < -0.3 is 9.84 Å². The first-order valence-corrected chi connectivity index (χ1v) is 11.4. The Morgan fingerprint density at radius 2 is 1.94 bits per heavy atom. The molecule has 1 N–H and O–H groups in total. The van der Waals surface area contributed by atoms with Crippen LogP contribution in [0.15, 0.2) is 53.4 Å². The van der Waals surface area contributed by atoms with E-state index in [-0.39, 0.29) is 10.2 Å². The molecule has 3 rings (SSSR count). The second kappa shape index (κ2) is 10.6. The van der Waals surface area contributed by atoms with Gasteiger partial charge >= 0.3 is 5.97 Å². The van der Waals surface area contributed by atoms with E-state index in [9.17, 15) is 14.7 Å². The van der Waals surface area contributed by atoms with E-state index in [1.165, 1.54) is 10.5 Å². The number of aryl methyl sites for hydroxylation is 1. The first-order chi connectivity index (χ1) is 14.9. The van der Waals surface area contributed by atoms with Crippen LogP contribution < -0.4 is 4.74 Å². The van der Waals surface area contributed by atoms with E-state index in [2.05, 4.69) is 0 Å². The van der Waals surface area contributed by atoms with Gasteiger partial charge in [-0.15, -0.1) is 0 Å². The second-order valence-electron chi connectivity index (χ2n) is 7.36. The number of hydrogen-bond acceptors (Lipinski definition) is 5. The average Bonchev–Trinajstić information content (AvgIpc) is 3.02. The van der Waals surface area contributed by atoms with Crippen molar-refractivity contribution < 1.29 is 19.4 Å². The lowest BCUT2D eigenvalue weighted by Gasteiger charge is -2.22. The van der Waals surface area contributed by atoms with Crippen LogP contribution >= 0.6 is 24.0 Å². The third-order valence-corrected chi connectivity index (χ3v) is 6.30. The molecule has 1 aliphatic heterocycles. The highest BCUT2D eigenvalue weighted by atomic mass is 32.2. The zero-order chi connectivity index (χ0) is 22.4. The predicted octanol–water partition coefficient (Wildman–Crippen LogP) is 5.42. The Morgan fingerprint density at radius 1 is 1.23 bits per heavy atom. The summed E-state index contributed by atoms with van der Waals surface area (Å²) in [6.45, 7) is 4.42. The fourth-order valence-electron chi connectivity index (χ4n) is 3.23. The molecule has 0 aromatic heterocycles. The summed E-state index contributed by atoms with van der Waals surface area (Å²) < 4.78 is 6.27. The van der Waals surface area contributed by atoms with Crippen LogP contribution in [0, 0.1) is 6.92 Å². The van der Waals surface area contributed by atoms with Crippen molar-refractivity contribution in [3.8, 4) is 5.75 Å². The van der Waals surface area contributed by atoms with Crippen molar-refractivity contribution in [3.05, 3.63) is 70.1 Å². The summed E-state index contributed by atoms with van der Waals surface area (Å²) in [7, 11) is 0. The summed E-state index contributed by atoms with van der Waals surface area (Å²) in [5.41, 5.74) is 2.98. The SMILES string of the molecule is CCCC[C@H](C(=O)O)N1C(=O)/C(=C/c2ccccc2OCc2ccc(C)cc2)SC1=S. The minimum absolute atomic E-state index is 0.276.